The van der Waals surface area contributed by atoms with Gasteiger partial charge in [-0.1, -0.05) is 26.0 Å². The van der Waals surface area contributed by atoms with Crippen LogP contribution in [-0.2, 0) is 23.7 Å². The van der Waals surface area contributed by atoms with Gasteiger partial charge in [0.25, 0.3) is 5.91 Å². The smallest absolute Gasteiger partial charge is 0.407 e. The number of carbonyl (C=O) groups is 4. The number of unbranched alkanes of at least 4 members (excludes halogenated alkanes) is 1. The molecule has 1 atom stereocenters. The van der Waals surface area contributed by atoms with E-state index in [-0.39, 0.29) is 38.8 Å². The van der Waals surface area contributed by atoms with Gasteiger partial charge in [-0.15, -0.1) is 0 Å². The van der Waals surface area contributed by atoms with Crippen LogP contribution in [-0.4, -0.2) is 90.3 Å². The second kappa shape index (κ2) is 19.7. The average molecular weight is 539 g/mol. The molecule has 0 aliphatic carbocycles. The first-order valence-corrected chi connectivity index (χ1v) is 12.8. The predicted molar refractivity (Wildman–Crippen MR) is 141 cm³/mol. The fourth-order valence-electron chi connectivity index (χ4n) is 3.21. The second-order valence-corrected chi connectivity index (χ2v) is 8.70. The molecule has 0 saturated heterocycles. The Kier molecular flexibility index (Phi) is 16.9. The first-order valence-electron chi connectivity index (χ1n) is 12.8. The Bertz CT molecular complexity index is 848. The third-order valence-corrected chi connectivity index (χ3v) is 5.39. The normalized spacial score (nSPS) is 11.4. The molecule has 0 saturated carbocycles. The average Bonchev–Trinajstić information content (AvgIpc) is 2.90. The first kappa shape index (κ1) is 32.6. The summed E-state index contributed by atoms with van der Waals surface area (Å²) in [7, 11) is 3.00. The third-order valence-electron chi connectivity index (χ3n) is 5.39. The maximum Gasteiger partial charge on any atom is 0.407 e. The van der Waals surface area contributed by atoms with Gasteiger partial charge in [0.2, 0.25) is 5.91 Å². The Morgan fingerprint density at radius 3 is 1.95 bits per heavy atom. The monoisotopic (exact) mass is 538 g/mol. The molecule has 0 heterocycles. The van der Waals surface area contributed by atoms with Crippen LogP contribution in [0.25, 0.3) is 0 Å². The molecule has 0 aromatic heterocycles. The number of alkyl carbamates (subject to hydrolysis) is 2. The van der Waals surface area contributed by atoms with Crippen LogP contribution in [0.15, 0.2) is 24.3 Å². The zero-order valence-electron chi connectivity index (χ0n) is 22.8. The van der Waals surface area contributed by atoms with Crippen molar-refractivity contribution in [3.63, 3.8) is 0 Å². The van der Waals surface area contributed by atoms with E-state index in [9.17, 15) is 19.2 Å². The molecule has 38 heavy (non-hydrogen) atoms. The van der Waals surface area contributed by atoms with Crippen LogP contribution >= 0.6 is 0 Å². The highest BCUT2D eigenvalue weighted by molar-refractivity contribution is 5.94. The van der Waals surface area contributed by atoms with Crippen molar-refractivity contribution < 1.29 is 38.1 Å². The summed E-state index contributed by atoms with van der Waals surface area (Å²) in [5.74, 6) is -0.268. The lowest BCUT2D eigenvalue weighted by Crippen LogP contribution is -2.48. The number of methoxy groups -OCH3 is 2. The van der Waals surface area contributed by atoms with Gasteiger partial charge in [0.15, 0.2) is 0 Å². The lowest BCUT2D eigenvalue weighted by atomic mass is 10.0. The number of rotatable bonds is 18. The number of carbonyl (C=O) groups excluding carboxylic acids is 4. The van der Waals surface area contributed by atoms with E-state index in [0.29, 0.717) is 43.9 Å². The zero-order valence-corrected chi connectivity index (χ0v) is 22.8. The Balaban J connectivity index is 2.46. The molecular weight excluding hydrogens is 496 g/mol. The molecule has 12 heteroatoms. The van der Waals surface area contributed by atoms with Crippen LogP contribution < -0.4 is 21.3 Å². The van der Waals surface area contributed by atoms with Gasteiger partial charge in [0.05, 0.1) is 13.2 Å². The first-order chi connectivity index (χ1) is 18.3. The molecule has 12 nitrogen and oxygen atoms in total. The number of hydrogen-bond donors (Lipinski definition) is 4. The fourth-order valence-corrected chi connectivity index (χ4v) is 3.21. The summed E-state index contributed by atoms with van der Waals surface area (Å²) in [5.41, 5.74) is 1.68. The number of ether oxygens (including phenoxy) is 4. The second-order valence-electron chi connectivity index (χ2n) is 8.70. The van der Waals surface area contributed by atoms with Crippen LogP contribution in [0.4, 0.5) is 9.59 Å². The lowest BCUT2D eigenvalue weighted by Gasteiger charge is -2.18. The Morgan fingerprint density at radius 2 is 1.34 bits per heavy atom. The molecule has 1 unspecified atom stereocenters. The number of hydrogen-bond acceptors (Lipinski definition) is 8. The highest BCUT2D eigenvalue weighted by Gasteiger charge is 2.21. The molecule has 0 aliphatic rings. The van der Waals surface area contributed by atoms with E-state index < -0.39 is 24.1 Å². The quantitative estimate of drug-likeness (QED) is 0.207. The van der Waals surface area contributed by atoms with Crippen molar-refractivity contribution in [2.45, 2.75) is 45.1 Å². The molecule has 0 bridgehead atoms. The van der Waals surface area contributed by atoms with Gasteiger partial charge in [-0.2, -0.15) is 0 Å². The molecule has 1 aromatic carbocycles. The molecule has 1 rings (SSSR count). The van der Waals surface area contributed by atoms with E-state index in [0.717, 1.165) is 5.56 Å². The highest BCUT2D eigenvalue weighted by Crippen LogP contribution is 2.14. The molecule has 4 N–H and O–H groups in total. The lowest BCUT2D eigenvalue weighted by molar-refractivity contribution is -0.123. The fraction of sp³-hybridized carbons (Fsp3) is 0.615. The van der Waals surface area contributed by atoms with Crippen LogP contribution in [0, 0.1) is 0 Å². The van der Waals surface area contributed by atoms with Crippen molar-refractivity contribution in [3.8, 4) is 0 Å². The molecule has 0 spiro atoms. The standard InChI is InChI=1S/C26H42N4O8/c1-19(2)20-8-10-21(11-9-20)23(31)27-13-14-28-24(32)22(30-26(34)38-18-16-36-4)7-5-6-12-29-25(33)37-17-15-35-3/h8-11,19,22H,5-7,12-18H2,1-4H3,(H,27,31)(H,28,32)(H,29,33)(H,30,34). The van der Waals surface area contributed by atoms with E-state index in [4.69, 9.17) is 18.9 Å². The topological polar surface area (TPSA) is 153 Å². The summed E-state index contributed by atoms with van der Waals surface area (Å²) < 4.78 is 19.6. The van der Waals surface area contributed by atoms with Gasteiger partial charge in [-0.05, 0) is 42.9 Å². The highest BCUT2D eigenvalue weighted by atomic mass is 16.6. The van der Waals surface area contributed by atoms with Gasteiger partial charge in [0.1, 0.15) is 19.3 Å². The Hall–Kier alpha value is -3.38. The van der Waals surface area contributed by atoms with Crippen molar-refractivity contribution in [2.75, 3.05) is 60.3 Å². The van der Waals surface area contributed by atoms with Crippen LogP contribution in [0.5, 0.6) is 0 Å². The van der Waals surface area contributed by atoms with Crippen molar-refractivity contribution in [3.05, 3.63) is 35.4 Å². The van der Waals surface area contributed by atoms with Gasteiger partial charge in [-0.25, -0.2) is 9.59 Å². The molecule has 214 valence electrons. The summed E-state index contributed by atoms with van der Waals surface area (Å²) in [6.07, 6.45) is 0.141. The van der Waals surface area contributed by atoms with Gasteiger partial charge < -0.3 is 40.2 Å². The van der Waals surface area contributed by atoms with Crippen molar-refractivity contribution in [1.29, 1.82) is 0 Å². The maximum atomic E-state index is 12.7. The van der Waals surface area contributed by atoms with Gasteiger partial charge in [-0.3, -0.25) is 9.59 Å². The van der Waals surface area contributed by atoms with E-state index in [1.807, 2.05) is 12.1 Å². The molecule has 4 amide bonds. The van der Waals surface area contributed by atoms with E-state index in [1.54, 1.807) is 12.1 Å². The molecular formula is C26H42N4O8. The minimum atomic E-state index is -0.849. The molecule has 0 radical (unpaired) electrons. The number of nitrogens with one attached hydrogen (secondary N) is 4. The molecule has 0 aliphatic heterocycles. The van der Waals surface area contributed by atoms with Gasteiger partial charge in [0, 0.05) is 39.4 Å². The summed E-state index contributed by atoms with van der Waals surface area (Å²) >= 11 is 0. The molecule has 1 aromatic rings. The minimum Gasteiger partial charge on any atom is -0.447 e. The van der Waals surface area contributed by atoms with E-state index in [2.05, 4.69) is 35.1 Å². The number of benzene rings is 1. The van der Waals surface area contributed by atoms with Crippen LogP contribution in [0.2, 0.25) is 0 Å². The van der Waals surface area contributed by atoms with Crippen molar-refractivity contribution >= 4 is 24.0 Å². The maximum absolute atomic E-state index is 12.7. The summed E-state index contributed by atoms with van der Waals surface area (Å²) in [6.45, 7) is 5.66. The van der Waals surface area contributed by atoms with Crippen molar-refractivity contribution in [2.24, 2.45) is 0 Å². The summed E-state index contributed by atoms with van der Waals surface area (Å²) in [4.78, 5) is 48.7. The van der Waals surface area contributed by atoms with Crippen LogP contribution in [0.3, 0.4) is 0 Å². The third kappa shape index (κ3) is 14.4. The largest absolute Gasteiger partial charge is 0.447 e. The Morgan fingerprint density at radius 1 is 0.737 bits per heavy atom. The SMILES string of the molecule is COCCOC(=O)NCCCCC(NC(=O)OCCOC)C(=O)NCCNC(=O)c1ccc(C(C)C)cc1. The minimum absolute atomic E-state index is 0.0515. The van der Waals surface area contributed by atoms with Gasteiger partial charge >= 0.3 is 12.2 Å². The Labute approximate surface area is 224 Å². The summed E-state index contributed by atoms with van der Waals surface area (Å²) in [5, 5.41) is 10.7. The number of amides is 4. The molecule has 0 fully saturated rings. The van der Waals surface area contributed by atoms with Crippen LogP contribution in [0.1, 0.15) is 54.9 Å². The van der Waals surface area contributed by atoms with E-state index in [1.165, 1.54) is 14.2 Å². The van der Waals surface area contributed by atoms with Crippen molar-refractivity contribution in [1.82, 2.24) is 21.3 Å². The zero-order chi connectivity index (χ0) is 28.2. The van der Waals surface area contributed by atoms with E-state index >= 15 is 0 Å². The summed E-state index contributed by atoms with van der Waals surface area (Å²) in [6, 6.07) is 6.53. The predicted octanol–water partition coefficient (Wildman–Crippen LogP) is 1.94.